The number of H-pyrrole nitrogens is 1. The number of carbonyl (C=O) groups excluding carboxylic acids is 2. The summed E-state index contributed by atoms with van der Waals surface area (Å²) in [4.78, 5) is 40.3. The molecule has 0 saturated carbocycles. The van der Waals surface area contributed by atoms with Crippen molar-refractivity contribution in [1.29, 1.82) is 0 Å². The number of Topliss-reactive ketones (excluding diaryl/α,β-unsaturated/α-hetero) is 1. The van der Waals surface area contributed by atoms with Gasteiger partial charge in [-0.25, -0.2) is 8.42 Å². The number of carbonyl (C=O) groups is 3. The van der Waals surface area contributed by atoms with Crippen LogP contribution in [-0.4, -0.2) is 42.7 Å². The predicted molar refractivity (Wildman–Crippen MR) is 142 cm³/mol. The molecule has 1 amide bonds. The Kier molecular flexibility index (Phi) is 5.71. The van der Waals surface area contributed by atoms with Crippen LogP contribution in [0.4, 0.5) is 11.4 Å². The molecule has 2 aromatic carbocycles. The number of nitrogens with one attached hydrogen (secondary N) is 2. The zero-order chi connectivity index (χ0) is 26.6. The topological polar surface area (TPSA) is 137 Å². The Bertz CT molecular complexity index is 1670. The first-order chi connectivity index (χ1) is 18.2. The van der Waals surface area contributed by atoms with Crippen LogP contribution in [0.15, 0.2) is 47.4 Å². The van der Waals surface area contributed by atoms with Crippen molar-refractivity contribution in [2.75, 3.05) is 16.2 Å². The molecule has 10 heteroatoms. The quantitative estimate of drug-likeness (QED) is 0.414. The summed E-state index contributed by atoms with van der Waals surface area (Å²) >= 11 is 0. The van der Waals surface area contributed by atoms with Gasteiger partial charge in [0.05, 0.1) is 16.2 Å². The molecular weight excluding hydrogens is 506 g/mol. The maximum Gasteiger partial charge on any atom is 0.303 e. The summed E-state index contributed by atoms with van der Waals surface area (Å²) in [5.41, 5.74) is 5.15. The van der Waals surface area contributed by atoms with Crippen LogP contribution in [-0.2, 0) is 38.9 Å². The molecule has 3 aromatic rings. The fraction of sp³-hybridized carbons (Fsp3) is 0.250. The van der Waals surface area contributed by atoms with E-state index in [4.69, 9.17) is 0 Å². The number of fused-ring (bicyclic) bond motifs is 3. The first-order valence-electron chi connectivity index (χ1n) is 12.5. The normalized spacial score (nSPS) is 17.4. The maximum absolute atomic E-state index is 13.6. The molecule has 9 nitrogen and oxygen atoms in total. The number of sulfonamides is 1. The number of nitrogens with zero attached hydrogens (tertiary/aromatic N) is 1. The van der Waals surface area contributed by atoms with Crippen molar-refractivity contribution in [2.45, 2.75) is 43.4 Å². The van der Waals surface area contributed by atoms with Crippen LogP contribution in [0.3, 0.4) is 0 Å². The maximum atomic E-state index is 13.6. The third-order valence-electron chi connectivity index (χ3n) is 7.41. The molecule has 0 saturated heterocycles. The van der Waals surface area contributed by atoms with Gasteiger partial charge >= 0.3 is 5.97 Å². The van der Waals surface area contributed by atoms with Crippen LogP contribution in [0, 0.1) is 0 Å². The van der Waals surface area contributed by atoms with E-state index in [2.05, 4.69) is 10.3 Å². The number of benzene rings is 2. The molecule has 0 spiro atoms. The van der Waals surface area contributed by atoms with Gasteiger partial charge in [0.15, 0.2) is 5.78 Å². The molecule has 3 heterocycles. The molecule has 38 heavy (non-hydrogen) atoms. The Morgan fingerprint density at radius 1 is 1.08 bits per heavy atom. The third kappa shape index (κ3) is 3.92. The van der Waals surface area contributed by atoms with Gasteiger partial charge in [-0.1, -0.05) is 18.2 Å². The van der Waals surface area contributed by atoms with E-state index < -0.39 is 21.9 Å². The number of ketones is 1. The minimum atomic E-state index is -3.87. The number of carboxylic acid groups (broad SMARTS) is 1. The Balaban J connectivity index is 1.42. The fourth-order valence-electron chi connectivity index (χ4n) is 5.61. The summed E-state index contributed by atoms with van der Waals surface area (Å²) in [6.45, 7) is 0.341. The van der Waals surface area contributed by atoms with E-state index in [1.165, 1.54) is 16.4 Å². The first kappa shape index (κ1) is 24.2. The van der Waals surface area contributed by atoms with E-state index in [1.54, 1.807) is 24.3 Å². The zero-order valence-corrected chi connectivity index (χ0v) is 21.2. The van der Waals surface area contributed by atoms with Crippen molar-refractivity contribution in [3.05, 3.63) is 76.1 Å². The molecule has 6 rings (SSSR count). The molecule has 0 radical (unpaired) electrons. The van der Waals surface area contributed by atoms with Gasteiger partial charge in [0.1, 0.15) is 0 Å². The van der Waals surface area contributed by atoms with Crippen molar-refractivity contribution in [1.82, 2.24) is 4.98 Å². The Hall–Kier alpha value is -4.18. The average molecular weight is 532 g/mol. The third-order valence-corrected chi connectivity index (χ3v) is 9.22. The second-order valence-corrected chi connectivity index (χ2v) is 11.6. The number of aromatic nitrogens is 1. The van der Waals surface area contributed by atoms with Crippen molar-refractivity contribution in [2.24, 2.45) is 0 Å². The summed E-state index contributed by atoms with van der Waals surface area (Å²) in [5.74, 6) is -1.42. The highest BCUT2D eigenvalue weighted by Gasteiger charge is 2.34. The highest BCUT2D eigenvalue weighted by molar-refractivity contribution is 7.92. The Morgan fingerprint density at radius 2 is 1.89 bits per heavy atom. The van der Waals surface area contributed by atoms with E-state index in [0.29, 0.717) is 66.0 Å². The van der Waals surface area contributed by atoms with Gasteiger partial charge < -0.3 is 15.4 Å². The molecule has 0 atom stereocenters. The lowest BCUT2D eigenvalue weighted by molar-refractivity contribution is -0.137. The Morgan fingerprint density at radius 3 is 2.71 bits per heavy atom. The molecule has 0 unspecified atom stereocenters. The van der Waals surface area contributed by atoms with E-state index in [-0.39, 0.29) is 29.1 Å². The van der Waals surface area contributed by atoms with Gasteiger partial charge in [0, 0.05) is 47.6 Å². The highest BCUT2D eigenvalue weighted by atomic mass is 32.2. The van der Waals surface area contributed by atoms with Crippen LogP contribution in [0.2, 0.25) is 0 Å². The minimum absolute atomic E-state index is 0.0388. The summed E-state index contributed by atoms with van der Waals surface area (Å²) < 4.78 is 28.6. The van der Waals surface area contributed by atoms with Gasteiger partial charge in [-0.05, 0) is 67.2 Å². The summed E-state index contributed by atoms with van der Waals surface area (Å²) in [6, 6.07) is 12.0. The van der Waals surface area contributed by atoms with Crippen LogP contribution in [0.5, 0.6) is 0 Å². The number of hydrogen-bond acceptors (Lipinski definition) is 5. The molecule has 2 aliphatic heterocycles. The summed E-state index contributed by atoms with van der Waals surface area (Å²) in [7, 11) is -3.87. The molecule has 3 aliphatic rings. The summed E-state index contributed by atoms with van der Waals surface area (Å²) in [6.07, 6.45) is 3.97. The largest absolute Gasteiger partial charge is 0.481 e. The van der Waals surface area contributed by atoms with Crippen LogP contribution < -0.4 is 9.62 Å². The lowest BCUT2D eigenvalue weighted by Gasteiger charge is -2.20. The van der Waals surface area contributed by atoms with E-state index in [9.17, 15) is 27.9 Å². The van der Waals surface area contributed by atoms with E-state index in [1.807, 2.05) is 12.1 Å². The predicted octanol–water partition coefficient (Wildman–Crippen LogP) is 3.80. The molecule has 0 bridgehead atoms. The monoisotopic (exact) mass is 531 g/mol. The van der Waals surface area contributed by atoms with Crippen LogP contribution >= 0.6 is 0 Å². The number of aryl methyl sites for hydroxylation is 1. The van der Waals surface area contributed by atoms with E-state index in [0.717, 1.165) is 11.3 Å². The highest BCUT2D eigenvalue weighted by Crippen LogP contribution is 2.39. The van der Waals surface area contributed by atoms with E-state index >= 15 is 0 Å². The van der Waals surface area contributed by atoms with Gasteiger partial charge in [0.25, 0.3) is 15.9 Å². The lowest BCUT2D eigenvalue weighted by Crippen LogP contribution is -2.29. The number of anilines is 2. The van der Waals surface area contributed by atoms with Crippen LogP contribution in [0.25, 0.3) is 11.6 Å². The number of carboxylic acids is 1. The van der Waals surface area contributed by atoms with Gasteiger partial charge in [-0.3, -0.25) is 18.7 Å². The van der Waals surface area contributed by atoms with Crippen LogP contribution in [0.1, 0.15) is 57.7 Å². The van der Waals surface area contributed by atoms with Gasteiger partial charge in [0.2, 0.25) is 0 Å². The standard InChI is InChI=1S/C28H25N3O6S/c32-25-7-3-5-22-27(25)18(9-11-26(33)34)23(29-22)15-20-19-14-17(8-10-21(19)30-28(20)35)38(36,37)31-13-12-16-4-1-2-6-24(16)31/h1-2,4,6,8,10,14-15,29H,3,5,7,9,11-13H2,(H,30,35)(H,33,34)/b20-15-. The molecule has 3 N–H and O–H groups in total. The first-order valence-corrected chi connectivity index (χ1v) is 13.9. The average Bonchev–Trinajstić information content (AvgIpc) is 3.57. The number of rotatable bonds is 6. The van der Waals surface area contributed by atoms with Gasteiger partial charge in [-0.2, -0.15) is 0 Å². The minimum Gasteiger partial charge on any atom is -0.481 e. The number of amides is 1. The molecule has 194 valence electrons. The summed E-state index contributed by atoms with van der Waals surface area (Å²) in [5, 5.41) is 12.0. The Labute approximate surface area is 219 Å². The number of hydrogen-bond donors (Lipinski definition) is 3. The zero-order valence-electron chi connectivity index (χ0n) is 20.4. The second kappa shape index (κ2) is 8.98. The second-order valence-electron chi connectivity index (χ2n) is 9.72. The fourth-order valence-corrected chi connectivity index (χ4v) is 7.14. The van der Waals surface area contributed by atoms with Gasteiger partial charge in [-0.15, -0.1) is 0 Å². The SMILES string of the molecule is O=C(O)CCc1c(/C=C2\C(=O)Nc3ccc(S(=O)(=O)N4CCc5ccccc54)cc32)[nH]c2c1C(=O)CCC2. The van der Waals surface area contributed by atoms with Crippen molar-refractivity contribution < 1.29 is 27.9 Å². The molecular formula is C28H25N3O6S. The number of para-hydroxylation sites is 1. The molecule has 0 fully saturated rings. The smallest absolute Gasteiger partial charge is 0.303 e. The molecule has 1 aromatic heterocycles. The van der Waals surface area contributed by atoms with Crippen molar-refractivity contribution >= 4 is 50.7 Å². The van der Waals surface area contributed by atoms with Crippen molar-refractivity contribution in [3.8, 4) is 0 Å². The molecule has 1 aliphatic carbocycles. The van der Waals surface area contributed by atoms with Crippen molar-refractivity contribution in [3.63, 3.8) is 0 Å². The lowest BCUT2D eigenvalue weighted by atomic mass is 9.91. The number of aliphatic carboxylic acids is 1. The number of aromatic amines is 1.